The lowest BCUT2D eigenvalue weighted by Crippen LogP contribution is -2.42. The van der Waals surface area contributed by atoms with Crippen molar-refractivity contribution in [2.75, 3.05) is 0 Å². The van der Waals surface area contributed by atoms with Gasteiger partial charge in [-0.1, -0.05) is 56.3 Å². The van der Waals surface area contributed by atoms with Gasteiger partial charge in [0.05, 0.1) is 4.90 Å². The van der Waals surface area contributed by atoms with E-state index in [0.29, 0.717) is 0 Å². The molecule has 2 aromatic rings. The van der Waals surface area contributed by atoms with Crippen LogP contribution in [0.3, 0.4) is 0 Å². The minimum absolute atomic E-state index is 0.0769. The van der Waals surface area contributed by atoms with Gasteiger partial charge in [0.1, 0.15) is 6.04 Å². The standard InChI is InChI=1S/C18H21NO4S/c1-13(2)15-9-6-10-16(12-15)24(22,23)19-17(18(20)21)11-14-7-4-3-5-8-14/h3-10,12-13,17,19H,11H2,1-2H3,(H,20,21)/t17-/m0/s1. The van der Waals surface area contributed by atoms with Crippen molar-refractivity contribution in [1.29, 1.82) is 0 Å². The Balaban J connectivity index is 2.24. The molecule has 0 saturated carbocycles. The predicted octanol–water partition coefficient (Wildman–Crippen LogP) is 2.78. The first-order valence-corrected chi connectivity index (χ1v) is 9.17. The van der Waals surface area contributed by atoms with E-state index >= 15 is 0 Å². The SMILES string of the molecule is CC(C)c1cccc(S(=O)(=O)N[C@@H](Cc2ccccc2)C(=O)O)c1. The fourth-order valence-corrected chi connectivity index (χ4v) is 3.57. The summed E-state index contributed by atoms with van der Waals surface area (Å²) in [4.78, 5) is 11.5. The van der Waals surface area contributed by atoms with Gasteiger partial charge in [-0.15, -0.1) is 0 Å². The van der Waals surface area contributed by atoms with Gasteiger partial charge in [-0.3, -0.25) is 4.79 Å². The van der Waals surface area contributed by atoms with Gasteiger partial charge in [0.25, 0.3) is 0 Å². The van der Waals surface area contributed by atoms with Crippen molar-refractivity contribution in [3.63, 3.8) is 0 Å². The van der Waals surface area contributed by atoms with Crippen LogP contribution >= 0.6 is 0 Å². The zero-order chi connectivity index (χ0) is 17.7. The smallest absolute Gasteiger partial charge is 0.322 e. The first-order valence-electron chi connectivity index (χ1n) is 7.68. The fraction of sp³-hybridized carbons (Fsp3) is 0.278. The van der Waals surface area contributed by atoms with E-state index in [1.165, 1.54) is 6.07 Å². The van der Waals surface area contributed by atoms with Crippen molar-refractivity contribution in [2.45, 2.75) is 37.1 Å². The van der Waals surface area contributed by atoms with Crippen LogP contribution in [0.5, 0.6) is 0 Å². The van der Waals surface area contributed by atoms with Crippen LogP contribution in [0.4, 0.5) is 0 Å². The quantitative estimate of drug-likeness (QED) is 0.807. The summed E-state index contributed by atoms with van der Waals surface area (Å²) >= 11 is 0. The molecule has 0 aliphatic carbocycles. The maximum atomic E-state index is 12.5. The number of hydrogen-bond donors (Lipinski definition) is 2. The highest BCUT2D eigenvalue weighted by molar-refractivity contribution is 7.89. The minimum atomic E-state index is -3.91. The molecule has 2 rings (SSSR count). The van der Waals surface area contributed by atoms with Crippen molar-refractivity contribution in [2.24, 2.45) is 0 Å². The zero-order valence-corrected chi connectivity index (χ0v) is 14.5. The van der Waals surface area contributed by atoms with E-state index in [1.807, 2.05) is 26.0 Å². The van der Waals surface area contributed by atoms with Gasteiger partial charge in [-0.25, -0.2) is 8.42 Å². The second-order valence-electron chi connectivity index (χ2n) is 5.93. The summed E-state index contributed by atoms with van der Waals surface area (Å²) < 4.78 is 27.4. The van der Waals surface area contributed by atoms with E-state index in [9.17, 15) is 18.3 Å². The van der Waals surface area contributed by atoms with Crippen molar-refractivity contribution in [1.82, 2.24) is 4.72 Å². The molecule has 0 amide bonds. The topological polar surface area (TPSA) is 83.5 Å². The van der Waals surface area contributed by atoms with Crippen molar-refractivity contribution >= 4 is 16.0 Å². The number of sulfonamides is 1. The number of aliphatic carboxylic acids is 1. The summed E-state index contributed by atoms with van der Waals surface area (Å²) in [6.45, 7) is 3.93. The molecule has 24 heavy (non-hydrogen) atoms. The molecule has 2 N–H and O–H groups in total. The van der Waals surface area contributed by atoms with Crippen LogP contribution in [0.25, 0.3) is 0 Å². The van der Waals surface area contributed by atoms with Gasteiger partial charge < -0.3 is 5.11 Å². The molecule has 5 nitrogen and oxygen atoms in total. The lowest BCUT2D eigenvalue weighted by Gasteiger charge is -2.16. The molecule has 0 saturated heterocycles. The van der Waals surface area contributed by atoms with Crippen LogP contribution in [0, 0.1) is 0 Å². The highest BCUT2D eigenvalue weighted by atomic mass is 32.2. The number of carbonyl (C=O) groups is 1. The molecular formula is C18H21NO4S. The van der Waals surface area contributed by atoms with Crippen LogP contribution < -0.4 is 4.72 Å². The molecule has 0 aliphatic heterocycles. The molecular weight excluding hydrogens is 326 g/mol. The minimum Gasteiger partial charge on any atom is -0.480 e. The predicted molar refractivity (Wildman–Crippen MR) is 92.4 cm³/mol. The van der Waals surface area contributed by atoms with Gasteiger partial charge >= 0.3 is 5.97 Å². The number of carboxylic acid groups (broad SMARTS) is 1. The van der Waals surface area contributed by atoms with E-state index in [0.717, 1.165) is 11.1 Å². The third-order valence-corrected chi connectivity index (χ3v) is 5.18. The molecule has 1 atom stereocenters. The molecule has 0 heterocycles. The van der Waals surface area contributed by atoms with E-state index in [1.54, 1.807) is 36.4 Å². The summed E-state index contributed by atoms with van der Waals surface area (Å²) in [5.74, 6) is -1.03. The average Bonchev–Trinajstić information content (AvgIpc) is 2.55. The van der Waals surface area contributed by atoms with Gasteiger partial charge in [-0.05, 0) is 35.6 Å². The van der Waals surface area contributed by atoms with Crippen LogP contribution in [-0.2, 0) is 21.2 Å². The molecule has 0 fully saturated rings. The van der Waals surface area contributed by atoms with Gasteiger partial charge in [0, 0.05) is 0 Å². The molecule has 0 spiro atoms. The summed E-state index contributed by atoms with van der Waals surface area (Å²) in [5.41, 5.74) is 1.64. The van der Waals surface area contributed by atoms with E-state index in [2.05, 4.69) is 4.72 Å². The van der Waals surface area contributed by atoms with Gasteiger partial charge in [-0.2, -0.15) is 4.72 Å². The van der Waals surface area contributed by atoms with Crippen LogP contribution in [0.15, 0.2) is 59.5 Å². The first-order chi connectivity index (χ1) is 11.3. The zero-order valence-electron chi connectivity index (χ0n) is 13.6. The van der Waals surface area contributed by atoms with Crippen molar-refractivity contribution in [3.05, 3.63) is 65.7 Å². The van der Waals surface area contributed by atoms with Crippen molar-refractivity contribution < 1.29 is 18.3 Å². The molecule has 2 aromatic carbocycles. The van der Waals surface area contributed by atoms with E-state index < -0.39 is 22.0 Å². The molecule has 0 aromatic heterocycles. The summed E-state index contributed by atoms with van der Waals surface area (Å²) in [6, 6.07) is 14.3. The monoisotopic (exact) mass is 347 g/mol. The summed E-state index contributed by atoms with van der Waals surface area (Å²) in [7, 11) is -3.91. The number of hydrogen-bond acceptors (Lipinski definition) is 3. The molecule has 0 bridgehead atoms. The number of nitrogens with one attached hydrogen (secondary N) is 1. The van der Waals surface area contributed by atoms with E-state index in [-0.39, 0.29) is 17.2 Å². The number of carboxylic acids is 1. The van der Waals surface area contributed by atoms with Crippen LogP contribution in [0.2, 0.25) is 0 Å². The Kier molecular flexibility index (Phi) is 5.75. The second-order valence-corrected chi connectivity index (χ2v) is 7.64. The number of rotatable bonds is 7. The Morgan fingerprint density at radius 3 is 2.33 bits per heavy atom. The number of benzene rings is 2. The Morgan fingerprint density at radius 2 is 1.75 bits per heavy atom. The Hall–Kier alpha value is -2.18. The maximum absolute atomic E-state index is 12.5. The molecule has 0 unspecified atom stereocenters. The largest absolute Gasteiger partial charge is 0.480 e. The maximum Gasteiger partial charge on any atom is 0.322 e. The highest BCUT2D eigenvalue weighted by Gasteiger charge is 2.26. The average molecular weight is 347 g/mol. The third-order valence-electron chi connectivity index (χ3n) is 3.71. The fourth-order valence-electron chi connectivity index (χ4n) is 2.33. The Morgan fingerprint density at radius 1 is 1.08 bits per heavy atom. The first kappa shape index (κ1) is 18.2. The Labute approximate surface area is 142 Å². The normalized spacial score (nSPS) is 13.0. The van der Waals surface area contributed by atoms with Crippen molar-refractivity contribution in [3.8, 4) is 0 Å². The molecule has 0 aliphatic rings. The third kappa shape index (κ3) is 4.66. The Bertz CT molecular complexity index is 801. The highest BCUT2D eigenvalue weighted by Crippen LogP contribution is 2.19. The molecule has 0 radical (unpaired) electrons. The lowest BCUT2D eigenvalue weighted by atomic mass is 10.0. The van der Waals surface area contributed by atoms with Gasteiger partial charge in [0.2, 0.25) is 10.0 Å². The van der Waals surface area contributed by atoms with Crippen LogP contribution in [0.1, 0.15) is 30.9 Å². The van der Waals surface area contributed by atoms with Gasteiger partial charge in [0.15, 0.2) is 0 Å². The second kappa shape index (κ2) is 7.59. The molecule has 128 valence electrons. The molecule has 6 heteroatoms. The summed E-state index contributed by atoms with van der Waals surface area (Å²) in [6.07, 6.45) is 0.0826. The lowest BCUT2D eigenvalue weighted by molar-refractivity contribution is -0.138. The summed E-state index contributed by atoms with van der Waals surface area (Å²) in [5, 5.41) is 9.36. The van der Waals surface area contributed by atoms with Crippen LogP contribution in [-0.4, -0.2) is 25.5 Å². The van der Waals surface area contributed by atoms with E-state index in [4.69, 9.17) is 0 Å².